The lowest BCUT2D eigenvalue weighted by Crippen LogP contribution is -2.46. The summed E-state index contributed by atoms with van der Waals surface area (Å²) in [6, 6.07) is 13.4. The number of hydrogen-bond donors (Lipinski definition) is 2. The van der Waals surface area contributed by atoms with Gasteiger partial charge in [0.2, 0.25) is 5.91 Å². The lowest BCUT2D eigenvalue weighted by molar-refractivity contribution is -0.121. The van der Waals surface area contributed by atoms with Gasteiger partial charge in [-0.05, 0) is 43.4 Å². The highest BCUT2D eigenvalue weighted by molar-refractivity contribution is 5.95. The van der Waals surface area contributed by atoms with E-state index in [0.717, 1.165) is 5.56 Å². The van der Waals surface area contributed by atoms with E-state index in [0.29, 0.717) is 24.3 Å². The Morgan fingerprint density at radius 3 is 2.62 bits per heavy atom. The maximum atomic E-state index is 12.3. The molecule has 1 aromatic heterocycles. The molecule has 6 nitrogen and oxygen atoms in total. The van der Waals surface area contributed by atoms with Crippen molar-refractivity contribution >= 4 is 11.9 Å². The molecule has 1 aromatic carbocycles. The molecule has 1 unspecified atom stereocenters. The molecule has 1 aliphatic rings. The van der Waals surface area contributed by atoms with Crippen LogP contribution in [-0.2, 0) is 17.9 Å². The van der Waals surface area contributed by atoms with Gasteiger partial charge in [-0.15, -0.1) is 0 Å². The molecule has 1 heterocycles. The van der Waals surface area contributed by atoms with Crippen molar-refractivity contribution in [2.75, 3.05) is 6.54 Å². The monoisotopic (exact) mass is 355 g/mol. The van der Waals surface area contributed by atoms with Gasteiger partial charge in [-0.3, -0.25) is 15.0 Å². The van der Waals surface area contributed by atoms with Gasteiger partial charge in [-0.25, -0.2) is 4.79 Å². The Bertz CT molecular complexity index is 711. The van der Waals surface area contributed by atoms with E-state index in [9.17, 15) is 9.59 Å². The maximum absolute atomic E-state index is 12.3. The molecular formula is C20H25N3O3. The van der Waals surface area contributed by atoms with Crippen LogP contribution in [0.15, 0.2) is 53.1 Å². The van der Waals surface area contributed by atoms with Crippen molar-refractivity contribution in [2.24, 2.45) is 5.92 Å². The molecule has 2 N–H and O–H groups in total. The predicted molar refractivity (Wildman–Crippen MR) is 98.1 cm³/mol. The van der Waals surface area contributed by atoms with E-state index in [1.54, 1.807) is 18.4 Å². The topological polar surface area (TPSA) is 74.6 Å². The fraction of sp³-hybridized carbons (Fsp3) is 0.400. The van der Waals surface area contributed by atoms with Crippen molar-refractivity contribution in [1.29, 1.82) is 0 Å². The number of amides is 3. The first kappa shape index (κ1) is 18.2. The number of urea groups is 1. The molecule has 3 amide bonds. The first-order chi connectivity index (χ1) is 12.6. The van der Waals surface area contributed by atoms with E-state index in [-0.39, 0.29) is 19.0 Å². The Morgan fingerprint density at radius 2 is 1.96 bits per heavy atom. The van der Waals surface area contributed by atoms with Gasteiger partial charge < -0.3 is 9.73 Å². The zero-order valence-electron chi connectivity index (χ0n) is 15.0. The van der Waals surface area contributed by atoms with Crippen LogP contribution in [0, 0.1) is 5.92 Å². The number of nitrogens with zero attached hydrogens (tertiary/aromatic N) is 1. The Labute approximate surface area is 153 Å². The smallest absolute Gasteiger partial charge is 0.321 e. The quantitative estimate of drug-likeness (QED) is 0.763. The highest BCUT2D eigenvalue weighted by Crippen LogP contribution is 2.35. The molecule has 0 saturated heterocycles. The van der Waals surface area contributed by atoms with Gasteiger partial charge in [0.15, 0.2) is 0 Å². The van der Waals surface area contributed by atoms with Crippen LogP contribution in [0.2, 0.25) is 0 Å². The summed E-state index contributed by atoms with van der Waals surface area (Å²) < 4.78 is 5.15. The van der Waals surface area contributed by atoms with E-state index in [1.165, 1.54) is 12.8 Å². The van der Waals surface area contributed by atoms with Gasteiger partial charge in [-0.2, -0.15) is 0 Å². The first-order valence-corrected chi connectivity index (χ1v) is 9.00. The molecule has 1 aliphatic carbocycles. The number of imide groups is 1. The van der Waals surface area contributed by atoms with Crippen LogP contribution >= 0.6 is 0 Å². The van der Waals surface area contributed by atoms with Gasteiger partial charge in [0, 0.05) is 12.6 Å². The fourth-order valence-corrected chi connectivity index (χ4v) is 3.01. The van der Waals surface area contributed by atoms with E-state index in [1.807, 2.05) is 18.2 Å². The van der Waals surface area contributed by atoms with Crippen molar-refractivity contribution in [3.05, 3.63) is 60.1 Å². The molecule has 138 valence electrons. The second-order valence-corrected chi connectivity index (χ2v) is 6.78. The lowest BCUT2D eigenvalue weighted by Gasteiger charge is -2.28. The van der Waals surface area contributed by atoms with Crippen molar-refractivity contribution < 1.29 is 14.0 Å². The first-order valence-electron chi connectivity index (χ1n) is 9.00. The third kappa shape index (κ3) is 5.46. The van der Waals surface area contributed by atoms with E-state index in [2.05, 4.69) is 34.6 Å². The molecule has 0 spiro atoms. The number of benzene rings is 1. The Hall–Kier alpha value is -2.60. The second kappa shape index (κ2) is 8.67. The predicted octanol–water partition coefficient (Wildman–Crippen LogP) is 2.91. The number of nitrogens with one attached hydrogen (secondary N) is 2. The Morgan fingerprint density at radius 1 is 1.19 bits per heavy atom. The normalized spacial score (nSPS) is 14.8. The maximum Gasteiger partial charge on any atom is 0.321 e. The SMILES string of the molecule is CC(C1CC1)N(CC(=O)NC(=O)NCc1ccco1)Cc1ccccc1. The summed E-state index contributed by atoms with van der Waals surface area (Å²) in [4.78, 5) is 26.4. The summed E-state index contributed by atoms with van der Waals surface area (Å²) >= 11 is 0. The van der Waals surface area contributed by atoms with Crippen molar-refractivity contribution in [1.82, 2.24) is 15.5 Å². The van der Waals surface area contributed by atoms with Gasteiger partial charge in [0.05, 0.1) is 19.4 Å². The highest BCUT2D eigenvalue weighted by Gasteiger charge is 2.32. The highest BCUT2D eigenvalue weighted by atomic mass is 16.3. The van der Waals surface area contributed by atoms with Crippen LogP contribution < -0.4 is 10.6 Å². The second-order valence-electron chi connectivity index (χ2n) is 6.78. The van der Waals surface area contributed by atoms with Crippen LogP contribution in [0.5, 0.6) is 0 Å². The molecule has 1 atom stereocenters. The molecule has 3 rings (SSSR count). The summed E-state index contributed by atoms with van der Waals surface area (Å²) in [5.41, 5.74) is 1.16. The van der Waals surface area contributed by atoms with E-state index < -0.39 is 6.03 Å². The molecule has 0 bridgehead atoms. The summed E-state index contributed by atoms with van der Waals surface area (Å²) in [7, 11) is 0. The average molecular weight is 355 g/mol. The zero-order valence-corrected chi connectivity index (χ0v) is 15.0. The molecule has 1 fully saturated rings. The molecule has 0 aliphatic heterocycles. The molecule has 0 radical (unpaired) electrons. The number of hydrogen-bond acceptors (Lipinski definition) is 4. The van der Waals surface area contributed by atoms with Crippen LogP contribution in [0.1, 0.15) is 31.1 Å². The lowest BCUT2D eigenvalue weighted by atomic mass is 10.1. The molecule has 1 saturated carbocycles. The van der Waals surface area contributed by atoms with Gasteiger partial charge in [0.1, 0.15) is 5.76 Å². The third-order valence-corrected chi connectivity index (χ3v) is 4.71. The van der Waals surface area contributed by atoms with Crippen molar-refractivity contribution in [3.8, 4) is 0 Å². The molecule has 6 heteroatoms. The molecule has 2 aromatic rings. The minimum Gasteiger partial charge on any atom is -0.467 e. The number of rotatable bonds is 8. The largest absolute Gasteiger partial charge is 0.467 e. The Kier molecular flexibility index (Phi) is 6.07. The number of carbonyl (C=O) groups excluding carboxylic acids is 2. The van der Waals surface area contributed by atoms with Gasteiger partial charge >= 0.3 is 6.03 Å². The Balaban J connectivity index is 1.51. The summed E-state index contributed by atoms with van der Waals surface area (Å²) in [6.07, 6.45) is 3.95. The van der Waals surface area contributed by atoms with E-state index in [4.69, 9.17) is 4.42 Å². The number of furan rings is 1. The van der Waals surface area contributed by atoms with Crippen LogP contribution in [0.3, 0.4) is 0 Å². The summed E-state index contributed by atoms with van der Waals surface area (Å²) in [6.45, 7) is 3.30. The third-order valence-electron chi connectivity index (χ3n) is 4.71. The van der Waals surface area contributed by atoms with Crippen molar-refractivity contribution in [3.63, 3.8) is 0 Å². The van der Waals surface area contributed by atoms with Gasteiger partial charge in [-0.1, -0.05) is 30.3 Å². The molecular weight excluding hydrogens is 330 g/mol. The standard InChI is InChI=1S/C20H25N3O3/c1-15(17-9-10-17)23(13-16-6-3-2-4-7-16)14-19(24)22-20(25)21-12-18-8-5-11-26-18/h2-8,11,15,17H,9-10,12-14H2,1H3,(H2,21,22,24,25). The number of carbonyl (C=O) groups is 2. The van der Waals surface area contributed by atoms with E-state index >= 15 is 0 Å². The summed E-state index contributed by atoms with van der Waals surface area (Å²) in [5.74, 6) is 0.977. The minimum absolute atomic E-state index is 0.195. The molecule has 26 heavy (non-hydrogen) atoms. The average Bonchev–Trinajstić information content (AvgIpc) is 3.35. The fourth-order valence-electron chi connectivity index (χ4n) is 3.01. The van der Waals surface area contributed by atoms with Crippen molar-refractivity contribution in [2.45, 2.75) is 38.9 Å². The van der Waals surface area contributed by atoms with Crippen LogP contribution in [0.4, 0.5) is 4.79 Å². The van der Waals surface area contributed by atoms with Crippen LogP contribution in [0.25, 0.3) is 0 Å². The van der Waals surface area contributed by atoms with Gasteiger partial charge in [0.25, 0.3) is 0 Å². The summed E-state index contributed by atoms with van der Waals surface area (Å²) in [5, 5.41) is 5.02. The van der Waals surface area contributed by atoms with Crippen LogP contribution in [-0.4, -0.2) is 29.4 Å². The minimum atomic E-state index is -0.509. The zero-order chi connectivity index (χ0) is 18.4.